The number of carbonyl (C=O) groups is 1. The number of nitrogens with zero attached hydrogens (tertiary/aromatic N) is 1. The lowest BCUT2D eigenvalue weighted by molar-refractivity contribution is 0.232. The third-order valence-electron chi connectivity index (χ3n) is 4.09. The lowest BCUT2D eigenvalue weighted by Gasteiger charge is -2.29. The van der Waals surface area contributed by atoms with Gasteiger partial charge < -0.3 is 10.6 Å². The molecule has 0 aromatic carbocycles. The molecule has 0 unspecified atom stereocenters. The van der Waals surface area contributed by atoms with E-state index in [-0.39, 0.29) is 17.3 Å². The molecule has 2 rings (SSSR count). The van der Waals surface area contributed by atoms with E-state index in [1.54, 1.807) is 11.3 Å². The molecule has 0 bridgehead atoms. The zero-order valence-corrected chi connectivity index (χ0v) is 15.1. The highest BCUT2D eigenvalue weighted by molar-refractivity contribution is 7.85. The number of aryl methyl sites for hydroxylation is 2. The Bertz CT molecular complexity index is 525. The van der Waals surface area contributed by atoms with Crippen molar-refractivity contribution in [3.63, 3.8) is 0 Å². The molecule has 1 aliphatic rings. The van der Waals surface area contributed by atoms with E-state index >= 15 is 0 Å². The SMILES string of the molecule is CC[S@](=O)[C@H]1CCC[C@@H](NC(=O)NCc2nc(C)c(C)s2)C1. The van der Waals surface area contributed by atoms with Crippen LogP contribution in [0.2, 0.25) is 0 Å². The van der Waals surface area contributed by atoms with Crippen LogP contribution in [0.15, 0.2) is 0 Å². The minimum absolute atomic E-state index is 0.133. The summed E-state index contributed by atoms with van der Waals surface area (Å²) in [4.78, 5) is 17.6. The van der Waals surface area contributed by atoms with Crippen molar-refractivity contribution in [2.45, 2.75) is 64.3 Å². The zero-order chi connectivity index (χ0) is 16.1. The molecule has 7 heteroatoms. The summed E-state index contributed by atoms with van der Waals surface area (Å²) in [6.45, 7) is 6.43. The Morgan fingerprint density at radius 2 is 2.18 bits per heavy atom. The van der Waals surface area contributed by atoms with Gasteiger partial charge in [-0.1, -0.05) is 13.3 Å². The Hall–Kier alpha value is -0.950. The van der Waals surface area contributed by atoms with Crippen LogP contribution in [0.1, 0.15) is 48.2 Å². The van der Waals surface area contributed by atoms with Crippen LogP contribution in [0.5, 0.6) is 0 Å². The molecule has 0 aliphatic heterocycles. The van der Waals surface area contributed by atoms with Crippen LogP contribution in [0.25, 0.3) is 0 Å². The van der Waals surface area contributed by atoms with Gasteiger partial charge in [-0.15, -0.1) is 11.3 Å². The number of nitrogens with one attached hydrogen (secondary N) is 2. The first-order valence-corrected chi connectivity index (χ1v) is 10.0. The molecule has 2 N–H and O–H groups in total. The van der Waals surface area contributed by atoms with Crippen molar-refractivity contribution in [1.29, 1.82) is 0 Å². The van der Waals surface area contributed by atoms with Crippen molar-refractivity contribution in [3.8, 4) is 0 Å². The van der Waals surface area contributed by atoms with Gasteiger partial charge in [0.05, 0.1) is 12.2 Å². The predicted octanol–water partition coefficient (Wildman–Crippen LogP) is 2.64. The van der Waals surface area contributed by atoms with Gasteiger partial charge in [0, 0.05) is 32.7 Å². The lowest BCUT2D eigenvalue weighted by Crippen LogP contribution is -2.45. The van der Waals surface area contributed by atoms with Crippen molar-refractivity contribution < 1.29 is 9.00 Å². The number of thiazole rings is 1. The molecule has 124 valence electrons. The molecule has 0 radical (unpaired) electrons. The van der Waals surface area contributed by atoms with Gasteiger partial charge in [-0.3, -0.25) is 4.21 Å². The van der Waals surface area contributed by atoms with Gasteiger partial charge >= 0.3 is 6.03 Å². The maximum Gasteiger partial charge on any atom is 0.315 e. The second-order valence-electron chi connectivity index (χ2n) is 5.73. The molecule has 1 aromatic heterocycles. The Labute approximate surface area is 138 Å². The standard InChI is InChI=1S/C15H25N3O2S2/c1-4-22(20)13-7-5-6-12(8-13)18-15(19)16-9-14-17-10(2)11(3)21-14/h12-13H,4-9H2,1-3H3,(H2,16,18,19)/t12-,13+,22+/m1/s1. The average molecular weight is 344 g/mol. The van der Waals surface area contributed by atoms with E-state index in [2.05, 4.69) is 15.6 Å². The summed E-state index contributed by atoms with van der Waals surface area (Å²) in [6, 6.07) is -0.0209. The van der Waals surface area contributed by atoms with Crippen molar-refractivity contribution in [1.82, 2.24) is 15.6 Å². The van der Waals surface area contributed by atoms with Gasteiger partial charge in [-0.2, -0.15) is 0 Å². The highest BCUT2D eigenvalue weighted by Gasteiger charge is 2.26. The van der Waals surface area contributed by atoms with E-state index in [0.29, 0.717) is 12.3 Å². The second kappa shape index (κ2) is 8.06. The molecule has 3 atom stereocenters. The number of rotatable bonds is 5. The van der Waals surface area contributed by atoms with Gasteiger partial charge in [0.25, 0.3) is 0 Å². The van der Waals surface area contributed by atoms with Gasteiger partial charge in [-0.25, -0.2) is 9.78 Å². The fourth-order valence-corrected chi connectivity index (χ4v) is 4.98. The fourth-order valence-electron chi connectivity index (χ4n) is 2.76. The number of hydrogen-bond acceptors (Lipinski definition) is 4. The van der Waals surface area contributed by atoms with E-state index in [1.807, 2.05) is 20.8 Å². The topological polar surface area (TPSA) is 71.1 Å². The summed E-state index contributed by atoms with van der Waals surface area (Å²) in [5, 5.41) is 7.04. The summed E-state index contributed by atoms with van der Waals surface area (Å²) in [5.74, 6) is 0.701. The van der Waals surface area contributed by atoms with Crippen molar-refractivity contribution in [2.75, 3.05) is 5.75 Å². The highest BCUT2D eigenvalue weighted by Crippen LogP contribution is 2.23. The Morgan fingerprint density at radius 1 is 1.41 bits per heavy atom. The summed E-state index contributed by atoms with van der Waals surface area (Å²) in [7, 11) is -0.762. The Kier molecular flexibility index (Phi) is 6.37. The molecule has 0 spiro atoms. The van der Waals surface area contributed by atoms with Crippen LogP contribution in [-0.2, 0) is 17.3 Å². The number of amides is 2. The Morgan fingerprint density at radius 3 is 2.82 bits per heavy atom. The van der Waals surface area contributed by atoms with E-state index in [9.17, 15) is 9.00 Å². The first-order valence-electron chi connectivity index (χ1n) is 7.84. The van der Waals surface area contributed by atoms with Crippen LogP contribution in [0, 0.1) is 13.8 Å². The van der Waals surface area contributed by atoms with Crippen molar-refractivity contribution in [2.24, 2.45) is 0 Å². The molecule has 2 amide bonds. The van der Waals surface area contributed by atoms with E-state index < -0.39 is 10.8 Å². The predicted molar refractivity (Wildman–Crippen MR) is 91.7 cm³/mol. The van der Waals surface area contributed by atoms with Crippen molar-refractivity contribution in [3.05, 3.63) is 15.6 Å². The van der Waals surface area contributed by atoms with Gasteiger partial charge in [-0.05, 0) is 33.1 Å². The second-order valence-corrected chi connectivity index (χ2v) is 9.02. The molecule has 5 nitrogen and oxygen atoms in total. The molecule has 22 heavy (non-hydrogen) atoms. The van der Waals surface area contributed by atoms with E-state index in [0.717, 1.165) is 36.4 Å². The molecule has 0 saturated heterocycles. The number of carbonyl (C=O) groups excluding carboxylic acids is 1. The smallest absolute Gasteiger partial charge is 0.315 e. The molecule has 1 heterocycles. The minimum Gasteiger partial charge on any atom is -0.335 e. The monoisotopic (exact) mass is 343 g/mol. The third kappa shape index (κ3) is 4.78. The maximum absolute atomic E-state index is 12.0. The zero-order valence-electron chi connectivity index (χ0n) is 13.5. The summed E-state index contributed by atoms with van der Waals surface area (Å²) < 4.78 is 11.9. The molecule has 1 aromatic rings. The molecule has 1 fully saturated rings. The van der Waals surface area contributed by atoms with Crippen LogP contribution >= 0.6 is 11.3 Å². The van der Waals surface area contributed by atoms with E-state index in [4.69, 9.17) is 0 Å². The van der Waals surface area contributed by atoms with Crippen LogP contribution in [0.3, 0.4) is 0 Å². The molecular formula is C15H25N3O2S2. The van der Waals surface area contributed by atoms with E-state index in [1.165, 1.54) is 4.88 Å². The van der Waals surface area contributed by atoms with Gasteiger partial charge in [0.15, 0.2) is 0 Å². The molecule has 1 saturated carbocycles. The quantitative estimate of drug-likeness (QED) is 0.863. The molecule has 1 aliphatic carbocycles. The summed E-state index contributed by atoms with van der Waals surface area (Å²) in [5.41, 5.74) is 1.03. The van der Waals surface area contributed by atoms with Crippen LogP contribution < -0.4 is 10.6 Å². The van der Waals surface area contributed by atoms with Gasteiger partial charge in [0.1, 0.15) is 5.01 Å². The summed E-state index contributed by atoms with van der Waals surface area (Å²) in [6.07, 6.45) is 3.84. The minimum atomic E-state index is -0.762. The highest BCUT2D eigenvalue weighted by atomic mass is 32.2. The Balaban J connectivity index is 1.77. The maximum atomic E-state index is 12.0. The van der Waals surface area contributed by atoms with Crippen LogP contribution in [-0.4, -0.2) is 32.3 Å². The summed E-state index contributed by atoms with van der Waals surface area (Å²) >= 11 is 1.62. The first-order chi connectivity index (χ1) is 10.5. The number of aromatic nitrogens is 1. The molecular weight excluding hydrogens is 318 g/mol. The van der Waals surface area contributed by atoms with Gasteiger partial charge in [0.2, 0.25) is 0 Å². The average Bonchev–Trinajstić information content (AvgIpc) is 2.83. The normalized spacial score (nSPS) is 23.0. The third-order valence-corrected chi connectivity index (χ3v) is 6.90. The lowest BCUT2D eigenvalue weighted by atomic mass is 9.95. The number of hydrogen-bond donors (Lipinski definition) is 2. The number of urea groups is 1. The largest absolute Gasteiger partial charge is 0.335 e. The van der Waals surface area contributed by atoms with Crippen LogP contribution in [0.4, 0.5) is 4.79 Å². The first kappa shape index (κ1) is 17.4. The fraction of sp³-hybridized carbons (Fsp3) is 0.733. The van der Waals surface area contributed by atoms with Crippen molar-refractivity contribution >= 4 is 28.2 Å².